The highest BCUT2D eigenvalue weighted by molar-refractivity contribution is 5.35. The Morgan fingerprint density at radius 1 is 1.00 bits per heavy atom. The SMILES string of the molecule is Fc1cccc2c1CCC2NC1CCCCCC1. The summed E-state index contributed by atoms with van der Waals surface area (Å²) in [6, 6.07) is 6.57. The van der Waals surface area contributed by atoms with Gasteiger partial charge in [-0.1, -0.05) is 37.8 Å². The maximum Gasteiger partial charge on any atom is 0.126 e. The summed E-state index contributed by atoms with van der Waals surface area (Å²) in [6.07, 6.45) is 10.0. The molecular weight excluding hydrogens is 225 g/mol. The Morgan fingerprint density at radius 2 is 1.78 bits per heavy atom. The molecule has 0 heterocycles. The minimum Gasteiger partial charge on any atom is -0.307 e. The van der Waals surface area contributed by atoms with Crippen LogP contribution in [0.4, 0.5) is 4.39 Å². The topological polar surface area (TPSA) is 12.0 Å². The van der Waals surface area contributed by atoms with Gasteiger partial charge in [0.15, 0.2) is 0 Å². The van der Waals surface area contributed by atoms with Gasteiger partial charge in [0.2, 0.25) is 0 Å². The van der Waals surface area contributed by atoms with Gasteiger partial charge in [-0.2, -0.15) is 0 Å². The van der Waals surface area contributed by atoms with E-state index in [9.17, 15) is 4.39 Å². The third-order valence-electron chi connectivity index (χ3n) is 4.51. The zero-order valence-corrected chi connectivity index (χ0v) is 10.9. The molecule has 0 radical (unpaired) electrons. The van der Waals surface area contributed by atoms with Gasteiger partial charge in [0.25, 0.3) is 0 Å². The van der Waals surface area contributed by atoms with Crippen LogP contribution >= 0.6 is 0 Å². The molecule has 18 heavy (non-hydrogen) atoms. The lowest BCUT2D eigenvalue weighted by Gasteiger charge is -2.22. The predicted molar refractivity (Wildman–Crippen MR) is 72.1 cm³/mol. The van der Waals surface area contributed by atoms with Crippen LogP contribution in [-0.4, -0.2) is 6.04 Å². The lowest BCUT2D eigenvalue weighted by molar-refractivity contribution is 0.397. The van der Waals surface area contributed by atoms with Gasteiger partial charge < -0.3 is 5.32 Å². The molecular formula is C16H22FN. The lowest BCUT2D eigenvalue weighted by Crippen LogP contribution is -2.31. The Kier molecular flexibility index (Phi) is 3.64. The summed E-state index contributed by atoms with van der Waals surface area (Å²) in [5, 5.41) is 3.77. The van der Waals surface area contributed by atoms with Gasteiger partial charge in [-0.25, -0.2) is 4.39 Å². The van der Waals surface area contributed by atoms with Crippen LogP contribution in [0.2, 0.25) is 0 Å². The molecule has 0 aliphatic heterocycles. The van der Waals surface area contributed by atoms with E-state index in [1.54, 1.807) is 6.07 Å². The predicted octanol–water partition coefficient (Wildman–Crippen LogP) is 4.13. The fraction of sp³-hybridized carbons (Fsp3) is 0.625. The van der Waals surface area contributed by atoms with Crippen molar-refractivity contribution in [1.82, 2.24) is 5.32 Å². The highest BCUT2D eigenvalue weighted by Crippen LogP contribution is 2.34. The van der Waals surface area contributed by atoms with Gasteiger partial charge in [0.1, 0.15) is 5.82 Å². The molecule has 0 spiro atoms. The van der Waals surface area contributed by atoms with Crippen molar-refractivity contribution in [1.29, 1.82) is 0 Å². The maximum atomic E-state index is 13.7. The van der Waals surface area contributed by atoms with Crippen molar-refractivity contribution in [3.8, 4) is 0 Å². The Hall–Kier alpha value is -0.890. The summed E-state index contributed by atoms with van der Waals surface area (Å²) >= 11 is 0. The molecule has 0 bridgehead atoms. The van der Waals surface area contributed by atoms with Gasteiger partial charge in [-0.15, -0.1) is 0 Å². The first-order chi connectivity index (χ1) is 8.84. The van der Waals surface area contributed by atoms with Gasteiger partial charge >= 0.3 is 0 Å². The lowest BCUT2D eigenvalue weighted by atomic mass is 10.0. The van der Waals surface area contributed by atoms with Crippen LogP contribution in [0.1, 0.15) is 62.1 Å². The molecule has 0 aromatic heterocycles. The molecule has 1 nitrogen and oxygen atoms in total. The molecule has 0 amide bonds. The zero-order chi connectivity index (χ0) is 12.4. The van der Waals surface area contributed by atoms with Gasteiger partial charge in [-0.3, -0.25) is 0 Å². The number of benzene rings is 1. The number of nitrogens with one attached hydrogen (secondary N) is 1. The van der Waals surface area contributed by atoms with Crippen LogP contribution in [0, 0.1) is 5.82 Å². The first-order valence-corrected chi connectivity index (χ1v) is 7.38. The standard InChI is InChI=1S/C16H22FN/c17-15-9-5-8-14-13(15)10-11-16(14)18-12-6-3-1-2-4-7-12/h5,8-9,12,16,18H,1-4,6-7,10-11H2. The highest BCUT2D eigenvalue weighted by Gasteiger charge is 2.26. The molecule has 2 heteroatoms. The fourth-order valence-corrected chi connectivity index (χ4v) is 3.51. The summed E-state index contributed by atoms with van der Waals surface area (Å²) in [5.41, 5.74) is 2.16. The highest BCUT2D eigenvalue weighted by atomic mass is 19.1. The van der Waals surface area contributed by atoms with E-state index in [4.69, 9.17) is 0 Å². The quantitative estimate of drug-likeness (QED) is 0.775. The van der Waals surface area contributed by atoms with E-state index in [0.29, 0.717) is 12.1 Å². The van der Waals surface area contributed by atoms with E-state index in [2.05, 4.69) is 11.4 Å². The van der Waals surface area contributed by atoms with Gasteiger partial charge in [-0.05, 0) is 42.9 Å². The van der Waals surface area contributed by atoms with Crippen molar-refractivity contribution in [3.05, 3.63) is 35.1 Å². The molecule has 1 fully saturated rings. The number of halogens is 1. The van der Waals surface area contributed by atoms with E-state index in [-0.39, 0.29) is 5.82 Å². The van der Waals surface area contributed by atoms with Crippen molar-refractivity contribution >= 4 is 0 Å². The minimum absolute atomic E-state index is 0.0160. The Bertz CT molecular complexity index is 408. The van der Waals surface area contributed by atoms with E-state index in [1.165, 1.54) is 44.1 Å². The summed E-state index contributed by atoms with van der Waals surface area (Å²) in [5.74, 6) is -0.0160. The molecule has 3 rings (SSSR count). The zero-order valence-electron chi connectivity index (χ0n) is 10.9. The first-order valence-electron chi connectivity index (χ1n) is 7.38. The molecule has 1 N–H and O–H groups in total. The van der Waals surface area contributed by atoms with Crippen molar-refractivity contribution < 1.29 is 4.39 Å². The van der Waals surface area contributed by atoms with E-state index in [1.807, 2.05) is 6.07 Å². The average Bonchev–Trinajstić information content (AvgIpc) is 2.61. The average molecular weight is 247 g/mol. The van der Waals surface area contributed by atoms with Crippen LogP contribution in [0.25, 0.3) is 0 Å². The van der Waals surface area contributed by atoms with E-state index < -0.39 is 0 Å². The maximum absolute atomic E-state index is 13.7. The van der Waals surface area contributed by atoms with Gasteiger partial charge in [0, 0.05) is 12.1 Å². The van der Waals surface area contributed by atoms with E-state index in [0.717, 1.165) is 18.4 Å². The fourth-order valence-electron chi connectivity index (χ4n) is 3.51. The third kappa shape index (κ3) is 2.44. The normalized spacial score (nSPS) is 24.8. The Labute approximate surface area is 109 Å². The van der Waals surface area contributed by atoms with Crippen molar-refractivity contribution in [2.75, 3.05) is 0 Å². The number of fused-ring (bicyclic) bond motifs is 1. The molecule has 1 unspecified atom stereocenters. The molecule has 2 aliphatic rings. The van der Waals surface area contributed by atoms with Crippen molar-refractivity contribution in [2.45, 2.75) is 63.5 Å². The monoisotopic (exact) mass is 247 g/mol. The molecule has 1 aromatic rings. The third-order valence-corrected chi connectivity index (χ3v) is 4.51. The number of hydrogen-bond donors (Lipinski definition) is 1. The second-order valence-electron chi connectivity index (χ2n) is 5.75. The van der Waals surface area contributed by atoms with Crippen LogP contribution < -0.4 is 5.32 Å². The van der Waals surface area contributed by atoms with Crippen LogP contribution in [0.3, 0.4) is 0 Å². The summed E-state index contributed by atoms with van der Waals surface area (Å²) in [7, 11) is 0. The summed E-state index contributed by atoms with van der Waals surface area (Å²) < 4.78 is 13.7. The van der Waals surface area contributed by atoms with Crippen LogP contribution in [0.5, 0.6) is 0 Å². The number of rotatable bonds is 2. The van der Waals surface area contributed by atoms with E-state index >= 15 is 0 Å². The summed E-state index contributed by atoms with van der Waals surface area (Å²) in [6.45, 7) is 0. The molecule has 0 saturated heterocycles. The second-order valence-corrected chi connectivity index (χ2v) is 5.75. The molecule has 1 aromatic carbocycles. The largest absolute Gasteiger partial charge is 0.307 e. The molecule has 98 valence electrons. The molecule has 2 aliphatic carbocycles. The Morgan fingerprint density at radius 3 is 2.56 bits per heavy atom. The molecule has 1 atom stereocenters. The van der Waals surface area contributed by atoms with Gasteiger partial charge in [0.05, 0.1) is 0 Å². The first kappa shape index (κ1) is 12.2. The smallest absolute Gasteiger partial charge is 0.126 e. The Balaban J connectivity index is 1.70. The summed E-state index contributed by atoms with van der Waals surface area (Å²) in [4.78, 5) is 0. The van der Waals surface area contributed by atoms with Crippen molar-refractivity contribution in [2.24, 2.45) is 0 Å². The number of hydrogen-bond acceptors (Lipinski definition) is 1. The van der Waals surface area contributed by atoms with Crippen LogP contribution in [-0.2, 0) is 6.42 Å². The molecule has 1 saturated carbocycles. The second kappa shape index (κ2) is 5.40. The van der Waals surface area contributed by atoms with Crippen molar-refractivity contribution in [3.63, 3.8) is 0 Å². The van der Waals surface area contributed by atoms with Crippen LogP contribution in [0.15, 0.2) is 18.2 Å². The minimum atomic E-state index is -0.0160.